The van der Waals surface area contributed by atoms with Gasteiger partial charge in [-0.3, -0.25) is 4.72 Å². The minimum Gasteiger partial charge on any atom is -0.371 e. The number of rotatable bonds is 6. The average Bonchev–Trinajstić information content (AvgIpc) is 3.30. The third-order valence-corrected chi connectivity index (χ3v) is 7.72. The van der Waals surface area contributed by atoms with Gasteiger partial charge in [-0.15, -0.1) is 5.10 Å². The van der Waals surface area contributed by atoms with Gasteiger partial charge in [0, 0.05) is 61.9 Å². The number of alkyl halides is 3. The number of benzene rings is 1. The van der Waals surface area contributed by atoms with Gasteiger partial charge in [0.05, 0.1) is 11.8 Å². The molecule has 0 unspecified atom stereocenters. The summed E-state index contributed by atoms with van der Waals surface area (Å²) in [6.45, 7) is 2.39. The van der Waals surface area contributed by atoms with E-state index in [2.05, 4.69) is 14.7 Å². The quantitative estimate of drug-likeness (QED) is 0.596. The van der Waals surface area contributed by atoms with E-state index in [1.165, 1.54) is 24.4 Å². The van der Waals surface area contributed by atoms with Crippen LogP contribution in [0.3, 0.4) is 0 Å². The van der Waals surface area contributed by atoms with Crippen LogP contribution in [0.15, 0.2) is 30.5 Å². The molecule has 1 aromatic carbocycles. The molecule has 1 aliphatic carbocycles. The average molecular weight is 541 g/mol. The Morgan fingerprint density at radius 3 is 2.27 bits per heavy atom. The number of hydrogen-bond donors (Lipinski definition) is 1. The molecule has 0 atom stereocenters. The van der Waals surface area contributed by atoms with Crippen molar-refractivity contribution in [3.05, 3.63) is 36.0 Å². The van der Waals surface area contributed by atoms with E-state index in [1.807, 2.05) is 11.0 Å². The van der Waals surface area contributed by atoms with Crippen molar-refractivity contribution in [1.82, 2.24) is 14.7 Å². The summed E-state index contributed by atoms with van der Waals surface area (Å²) in [7, 11) is -3.51. The zero-order valence-electron chi connectivity index (χ0n) is 20.6. The fourth-order valence-corrected chi connectivity index (χ4v) is 5.78. The summed E-state index contributed by atoms with van der Waals surface area (Å²) in [5.41, 5.74) is 0.604. The van der Waals surface area contributed by atoms with Gasteiger partial charge in [0.1, 0.15) is 0 Å². The first-order valence-electron chi connectivity index (χ1n) is 12.6. The number of anilines is 3. The predicted molar refractivity (Wildman–Crippen MR) is 134 cm³/mol. The first kappa shape index (κ1) is 25.7. The van der Waals surface area contributed by atoms with Crippen LogP contribution >= 0.6 is 0 Å². The van der Waals surface area contributed by atoms with Crippen LogP contribution in [0.1, 0.15) is 44.1 Å². The molecule has 1 aromatic heterocycles. The number of hydrogen-bond acceptors (Lipinski definition) is 6. The smallest absolute Gasteiger partial charge is 0.371 e. The van der Waals surface area contributed by atoms with Gasteiger partial charge in [0.2, 0.25) is 10.0 Å². The van der Waals surface area contributed by atoms with Crippen LogP contribution in [0, 0.1) is 0 Å². The molecular formula is C24H31F3N6O3S. The van der Waals surface area contributed by atoms with Crippen molar-refractivity contribution >= 4 is 33.2 Å². The molecule has 0 spiro atoms. The number of aromatic nitrogens is 2. The van der Waals surface area contributed by atoms with Gasteiger partial charge in [-0.05, 0) is 56.7 Å². The number of nitrogens with zero attached hydrogens (tertiary/aromatic N) is 5. The molecule has 0 bridgehead atoms. The Balaban J connectivity index is 1.32. The monoisotopic (exact) mass is 540 g/mol. The van der Waals surface area contributed by atoms with E-state index < -0.39 is 21.8 Å². The summed E-state index contributed by atoms with van der Waals surface area (Å²) in [6.07, 6.45) is 3.06. The molecule has 0 radical (unpaired) electrons. The highest BCUT2D eigenvalue weighted by atomic mass is 32.2. The van der Waals surface area contributed by atoms with Crippen molar-refractivity contribution in [2.24, 2.45) is 0 Å². The van der Waals surface area contributed by atoms with E-state index in [-0.39, 0.29) is 23.9 Å². The minimum atomic E-state index is -4.43. The fraction of sp³-hybridized carbons (Fsp3) is 0.583. The maximum atomic E-state index is 13.8. The lowest BCUT2D eigenvalue weighted by Gasteiger charge is -2.40. The number of nitrogens with one attached hydrogen (secondary N) is 1. The molecule has 2 aromatic rings. The molecule has 13 heteroatoms. The Bertz CT molecular complexity index is 1250. The van der Waals surface area contributed by atoms with Crippen molar-refractivity contribution in [3.63, 3.8) is 0 Å². The first-order valence-corrected chi connectivity index (χ1v) is 14.5. The van der Waals surface area contributed by atoms with E-state index in [0.29, 0.717) is 37.3 Å². The van der Waals surface area contributed by atoms with Gasteiger partial charge in [0.25, 0.3) is 0 Å². The molecule has 1 N–H and O–H groups in total. The number of amides is 1. The van der Waals surface area contributed by atoms with Gasteiger partial charge in [0.15, 0.2) is 5.82 Å². The van der Waals surface area contributed by atoms with E-state index in [9.17, 15) is 26.4 Å². The van der Waals surface area contributed by atoms with Crippen LogP contribution in [0.25, 0.3) is 0 Å². The largest absolute Gasteiger partial charge is 0.416 e. The molecule has 37 heavy (non-hydrogen) atoms. The third-order valence-electron chi connectivity index (χ3n) is 7.14. The van der Waals surface area contributed by atoms with Crippen LogP contribution in [0.4, 0.5) is 35.2 Å². The Kier molecular flexibility index (Phi) is 6.75. The highest BCUT2D eigenvalue weighted by molar-refractivity contribution is 7.92. The molecule has 1 amide bonds. The van der Waals surface area contributed by atoms with Crippen molar-refractivity contribution in [1.29, 1.82) is 0 Å². The lowest BCUT2D eigenvalue weighted by molar-refractivity contribution is -0.137. The van der Waals surface area contributed by atoms with Gasteiger partial charge >= 0.3 is 12.2 Å². The molecule has 3 heterocycles. The minimum absolute atomic E-state index is 0.0199. The second-order valence-electron chi connectivity index (χ2n) is 10.1. The maximum Gasteiger partial charge on any atom is 0.416 e. The van der Waals surface area contributed by atoms with Crippen molar-refractivity contribution in [2.75, 3.05) is 47.0 Å². The van der Waals surface area contributed by atoms with Crippen molar-refractivity contribution < 1.29 is 26.4 Å². The summed E-state index contributed by atoms with van der Waals surface area (Å²) < 4.78 is 67.6. The van der Waals surface area contributed by atoms with Crippen LogP contribution in [0.5, 0.6) is 0 Å². The van der Waals surface area contributed by atoms with Crippen LogP contribution in [0.2, 0.25) is 0 Å². The Hall–Kier alpha value is -2.96. The second-order valence-corrected chi connectivity index (χ2v) is 11.8. The number of likely N-dealkylation sites (tertiary alicyclic amines) is 1. The number of carbonyl (C=O) groups excluding carboxylic acids is 1. The molecule has 2 aliphatic heterocycles. The Morgan fingerprint density at radius 1 is 1.03 bits per heavy atom. The SMILES string of the molecule is CS(=O)(=O)Nc1ccn(C(=O)N2CCC(N(c3cc(N4CCCC4)cc(C(F)(F)F)c3)C3CC3)CC2)n1. The number of halogens is 3. The zero-order chi connectivity index (χ0) is 26.4. The molecule has 3 fully saturated rings. The highest BCUT2D eigenvalue weighted by Crippen LogP contribution is 2.41. The normalized spacial score (nSPS) is 19.4. The van der Waals surface area contributed by atoms with Crippen molar-refractivity contribution in [3.8, 4) is 0 Å². The van der Waals surface area contributed by atoms with E-state index in [0.717, 1.165) is 49.7 Å². The van der Waals surface area contributed by atoms with Gasteiger partial charge < -0.3 is 14.7 Å². The Labute approximate surface area is 214 Å². The van der Waals surface area contributed by atoms with Crippen LogP contribution in [-0.4, -0.2) is 73.6 Å². The summed E-state index contributed by atoms with van der Waals surface area (Å²) >= 11 is 0. The summed E-state index contributed by atoms with van der Waals surface area (Å²) in [4.78, 5) is 18.7. The van der Waals surface area contributed by atoms with Crippen molar-refractivity contribution in [2.45, 2.75) is 56.8 Å². The fourth-order valence-electron chi connectivity index (χ4n) is 5.29. The number of carbonyl (C=O) groups is 1. The molecule has 5 rings (SSSR count). The molecule has 9 nitrogen and oxygen atoms in total. The predicted octanol–water partition coefficient (Wildman–Crippen LogP) is 3.98. The van der Waals surface area contributed by atoms with E-state index in [4.69, 9.17) is 0 Å². The third kappa shape index (κ3) is 5.97. The Morgan fingerprint density at radius 2 is 1.68 bits per heavy atom. The van der Waals surface area contributed by atoms with Gasteiger partial charge in [-0.25, -0.2) is 13.2 Å². The van der Waals surface area contributed by atoms with Gasteiger partial charge in [-0.1, -0.05) is 0 Å². The highest BCUT2D eigenvalue weighted by Gasteiger charge is 2.39. The lowest BCUT2D eigenvalue weighted by atomic mass is 10.0. The topological polar surface area (TPSA) is 90.8 Å². The molecule has 202 valence electrons. The summed E-state index contributed by atoms with van der Waals surface area (Å²) in [5, 5.41) is 4.00. The van der Waals surface area contributed by atoms with E-state index in [1.54, 1.807) is 4.90 Å². The maximum absolute atomic E-state index is 13.8. The van der Waals surface area contributed by atoms with Crippen LogP contribution in [-0.2, 0) is 16.2 Å². The summed E-state index contributed by atoms with van der Waals surface area (Å²) in [5.74, 6) is 0.0593. The first-order chi connectivity index (χ1) is 17.5. The zero-order valence-corrected chi connectivity index (χ0v) is 21.4. The van der Waals surface area contributed by atoms with Crippen LogP contribution < -0.4 is 14.5 Å². The number of piperidine rings is 1. The van der Waals surface area contributed by atoms with E-state index >= 15 is 0 Å². The lowest BCUT2D eigenvalue weighted by Crippen LogP contribution is -2.48. The summed E-state index contributed by atoms with van der Waals surface area (Å²) in [6, 6.07) is 5.70. The number of sulfonamides is 1. The second kappa shape index (κ2) is 9.73. The molecule has 2 saturated heterocycles. The molecule has 3 aliphatic rings. The molecular weight excluding hydrogens is 509 g/mol. The standard InChI is InChI=1S/C24H31F3N6O3S/c1-37(35,36)29-22-8-13-32(28-22)23(34)31-11-6-19(7-12-31)33(18-4-5-18)21-15-17(24(25,26)27)14-20(16-21)30-9-2-3-10-30/h8,13-16,18-19H,2-7,9-12H2,1H3,(H,28,29). The molecule has 1 saturated carbocycles. The van der Waals surface area contributed by atoms with Gasteiger partial charge in [-0.2, -0.15) is 17.9 Å².